The highest BCUT2D eigenvalue weighted by Crippen LogP contribution is 2.29. The summed E-state index contributed by atoms with van der Waals surface area (Å²) in [7, 11) is 0. The van der Waals surface area contributed by atoms with Crippen LogP contribution in [0.15, 0.2) is 36.8 Å². The van der Waals surface area contributed by atoms with E-state index in [1.54, 1.807) is 23.7 Å². The van der Waals surface area contributed by atoms with E-state index >= 15 is 0 Å². The third kappa shape index (κ3) is 3.35. The number of carbonyl (C=O) groups is 1. The number of thiophene rings is 1. The normalized spacial score (nSPS) is 13.5. The maximum absolute atomic E-state index is 12.4. The van der Waals surface area contributed by atoms with Crippen LogP contribution in [0.4, 0.5) is 0 Å². The van der Waals surface area contributed by atoms with Crippen LogP contribution in [0.2, 0.25) is 0 Å². The SMILES string of the molecule is Cc1nccn1-c1ccc(CNC(=O)c2cc3c(s2)CCCC3)cn1. The zero-order valence-corrected chi connectivity index (χ0v) is 15.0. The van der Waals surface area contributed by atoms with Gasteiger partial charge >= 0.3 is 0 Å². The van der Waals surface area contributed by atoms with E-state index < -0.39 is 0 Å². The van der Waals surface area contributed by atoms with Gasteiger partial charge in [-0.05, 0) is 55.9 Å². The Hall–Kier alpha value is -2.47. The van der Waals surface area contributed by atoms with E-state index in [4.69, 9.17) is 0 Å². The van der Waals surface area contributed by atoms with Crippen LogP contribution >= 0.6 is 11.3 Å². The molecule has 3 aromatic heterocycles. The molecule has 0 aromatic carbocycles. The van der Waals surface area contributed by atoms with Crippen LogP contribution in [-0.4, -0.2) is 20.4 Å². The first-order chi connectivity index (χ1) is 12.2. The van der Waals surface area contributed by atoms with Gasteiger partial charge in [0.15, 0.2) is 0 Å². The van der Waals surface area contributed by atoms with Crippen molar-refractivity contribution in [1.29, 1.82) is 0 Å². The molecular weight excluding hydrogens is 332 g/mol. The lowest BCUT2D eigenvalue weighted by atomic mass is 9.99. The number of imidazole rings is 1. The molecule has 1 aliphatic carbocycles. The van der Waals surface area contributed by atoms with E-state index in [2.05, 4.69) is 21.4 Å². The zero-order chi connectivity index (χ0) is 17.2. The van der Waals surface area contributed by atoms with Gasteiger partial charge in [0.25, 0.3) is 5.91 Å². The van der Waals surface area contributed by atoms with Crippen molar-refractivity contribution < 1.29 is 4.79 Å². The average molecular weight is 352 g/mol. The van der Waals surface area contributed by atoms with Gasteiger partial charge in [-0.15, -0.1) is 11.3 Å². The fourth-order valence-electron chi connectivity index (χ4n) is 3.16. The molecule has 25 heavy (non-hydrogen) atoms. The van der Waals surface area contributed by atoms with Gasteiger partial charge < -0.3 is 5.32 Å². The molecular formula is C19H20N4OS. The summed E-state index contributed by atoms with van der Waals surface area (Å²) in [6, 6.07) is 6.00. The van der Waals surface area contributed by atoms with Gasteiger partial charge in [-0.25, -0.2) is 9.97 Å². The van der Waals surface area contributed by atoms with Gasteiger partial charge in [-0.3, -0.25) is 9.36 Å². The standard InChI is InChI=1S/C19H20N4OS/c1-13-20-8-9-23(13)18-7-6-14(11-21-18)12-22-19(24)17-10-15-4-2-3-5-16(15)25-17/h6-11H,2-5,12H2,1H3,(H,22,24). The van der Waals surface area contributed by atoms with Crippen LogP contribution in [-0.2, 0) is 19.4 Å². The van der Waals surface area contributed by atoms with Crippen LogP contribution in [0.3, 0.4) is 0 Å². The minimum Gasteiger partial charge on any atom is -0.347 e. The Bertz CT molecular complexity index is 871. The number of aromatic nitrogens is 3. The number of pyridine rings is 1. The van der Waals surface area contributed by atoms with Gasteiger partial charge in [0.2, 0.25) is 0 Å². The van der Waals surface area contributed by atoms with Crippen molar-refractivity contribution in [3.8, 4) is 5.82 Å². The van der Waals surface area contributed by atoms with Crippen molar-refractivity contribution in [2.75, 3.05) is 0 Å². The van der Waals surface area contributed by atoms with Crippen molar-refractivity contribution in [1.82, 2.24) is 19.9 Å². The van der Waals surface area contributed by atoms with E-state index in [-0.39, 0.29) is 5.91 Å². The Balaban J connectivity index is 1.40. The Morgan fingerprint density at radius 2 is 2.16 bits per heavy atom. The van der Waals surface area contributed by atoms with E-state index in [1.807, 2.05) is 29.8 Å². The molecule has 0 bridgehead atoms. The third-order valence-electron chi connectivity index (χ3n) is 4.56. The first-order valence-corrected chi connectivity index (χ1v) is 9.37. The molecule has 5 nitrogen and oxygen atoms in total. The molecule has 3 aromatic rings. The van der Waals surface area contributed by atoms with Gasteiger partial charge in [-0.1, -0.05) is 6.07 Å². The average Bonchev–Trinajstić information content (AvgIpc) is 3.26. The summed E-state index contributed by atoms with van der Waals surface area (Å²) in [4.78, 5) is 23.3. The molecule has 0 aliphatic heterocycles. The van der Waals surface area contributed by atoms with Crippen molar-refractivity contribution >= 4 is 17.2 Å². The minimum atomic E-state index is 0.00827. The second-order valence-electron chi connectivity index (χ2n) is 6.32. The number of fused-ring (bicyclic) bond motifs is 1. The monoisotopic (exact) mass is 352 g/mol. The quantitative estimate of drug-likeness (QED) is 0.782. The van der Waals surface area contributed by atoms with Crippen molar-refractivity contribution in [2.45, 2.75) is 39.2 Å². The van der Waals surface area contributed by atoms with E-state index in [1.165, 1.54) is 23.3 Å². The van der Waals surface area contributed by atoms with Gasteiger partial charge in [0, 0.05) is 30.0 Å². The van der Waals surface area contributed by atoms with E-state index in [0.717, 1.165) is 34.9 Å². The number of hydrogen-bond donors (Lipinski definition) is 1. The second kappa shape index (κ2) is 6.80. The second-order valence-corrected chi connectivity index (χ2v) is 7.45. The molecule has 0 saturated carbocycles. The summed E-state index contributed by atoms with van der Waals surface area (Å²) in [5, 5.41) is 3.00. The molecule has 4 rings (SSSR count). The number of nitrogens with one attached hydrogen (secondary N) is 1. The van der Waals surface area contributed by atoms with E-state index in [9.17, 15) is 4.79 Å². The summed E-state index contributed by atoms with van der Waals surface area (Å²) < 4.78 is 1.93. The highest BCUT2D eigenvalue weighted by Gasteiger charge is 2.17. The molecule has 0 fully saturated rings. The molecule has 0 saturated heterocycles. The maximum atomic E-state index is 12.4. The number of aryl methyl sites for hydroxylation is 3. The number of rotatable bonds is 4. The fraction of sp³-hybridized carbons (Fsp3) is 0.316. The molecule has 0 unspecified atom stereocenters. The Morgan fingerprint density at radius 1 is 1.28 bits per heavy atom. The van der Waals surface area contributed by atoms with Crippen molar-refractivity contribution in [2.24, 2.45) is 0 Å². The predicted molar refractivity (Wildman–Crippen MR) is 98.2 cm³/mol. The van der Waals surface area contributed by atoms with E-state index in [0.29, 0.717) is 6.54 Å². The summed E-state index contributed by atoms with van der Waals surface area (Å²) in [5.74, 6) is 1.74. The summed E-state index contributed by atoms with van der Waals surface area (Å²) in [6.45, 7) is 2.42. The summed E-state index contributed by atoms with van der Waals surface area (Å²) in [5.41, 5.74) is 2.35. The number of nitrogens with zero attached hydrogens (tertiary/aromatic N) is 3. The van der Waals surface area contributed by atoms with Crippen molar-refractivity contribution in [3.05, 3.63) is 63.5 Å². The van der Waals surface area contributed by atoms with Crippen LogP contribution in [0.1, 0.15) is 44.3 Å². The van der Waals surface area contributed by atoms with Crippen LogP contribution in [0, 0.1) is 6.92 Å². The Morgan fingerprint density at radius 3 is 2.88 bits per heavy atom. The predicted octanol–water partition coefficient (Wildman–Crippen LogP) is 3.45. The molecule has 1 N–H and O–H groups in total. The lowest BCUT2D eigenvalue weighted by Crippen LogP contribution is -2.21. The topological polar surface area (TPSA) is 59.8 Å². The maximum Gasteiger partial charge on any atom is 0.261 e. The largest absolute Gasteiger partial charge is 0.347 e. The zero-order valence-electron chi connectivity index (χ0n) is 14.2. The summed E-state index contributed by atoms with van der Waals surface area (Å²) >= 11 is 1.64. The first-order valence-electron chi connectivity index (χ1n) is 8.56. The molecule has 0 atom stereocenters. The molecule has 0 radical (unpaired) electrons. The third-order valence-corrected chi connectivity index (χ3v) is 5.79. The van der Waals surface area contributed by atoms with Crippen LogP contribution in [0.5, 0.6) is 0 Å². The molecule has 0 spiro atoms. The lowest BCUT2D eigenvalue weighted by molar-refractivity contribution is 0.0955. The number of carbonyl (C=O) groups excluding carboxylic acids is 1. The highest BCUT2D eigenvalue weighted by molar-refractivity contribution is 7.14. The number of amides is 1. The Labute approximate surface area is 150 Å². The van der Waals surface area contributed by atoms with Gasteiger partial charge in [-0.2, -0.15) is 0 Å². The fourth-order valence-corrected chi connectivity index (χ4v) is 4.33. The molecule has 128 valence electrons. The van der Waals surface area contributed by atoms with Gasteiger partial charge in [0.1, 0.15) is 11.6 Å². The Kier molecular flexibility index (Phi) is 4.36. The lowest BCUT2D eigenvalue weighted by Gasteiger charge is -2.08. The van der Waals surface area contributed by atoms with Crippen molar-refractivity contribution in [3.63, 3.8) is 0 Å². The first kappa shape index (κ1) is 16.0. The van der Waals surface area contributed by atoms with Crippen LogP contribution < -0.4 is 5.32 Å². The highest BCUT2D eigenvalue weighted by atomic mass is 32.1. The number of hydrogen-bond acceptors (Lipinski definition) is 4. The molecule has 6 heteroatoms. The summed E-state index contributed by atoms with van der Waals surface area (Å²) in [6.07, 6.45) is 10.1. The minimum absolute atomic E-state index is 0.00827. The molecule has 3 heterocycles. The smallest absolute Gasteiger partial charge is 0.261 e. The van der Waals surface area contributed by atoms with Crippen LogP contribution in [0.25, 0.3) is 5.82 Å². The molecule has 1 amide bonds. The molecule has 1 aliphatic rings. The van der Waals surface area contributed by atoms with Gasteiger partial charge in [0.05, 0.1) is 4.88 Å².